The lowest BCUT2D eigenvalue weighted by Gasteiger charge is -2.32. The van der Waals surface area contributed by atoms with Crippen LogP contribution in [0.1, 0.15) is 325 Å². The number of benzene rings is 4. The number of Topliss-reactive ketones (excluding diaryl/α,β-unsaturated/α-hetero) is 8. The Morgan fingerprint density at radius 3 is 1.13 bits per heavy atom. The lowest BCUT2D eigenvalue weighted by molar-refractivity contribution is -0.164. The molecule has 746 valence electrons. The Bertz CT molecular complexity index is 4130. The number of ether oxygens (including phenoxy) is 4. The third-order valence-electron chi connectivity index (χ3n) is 20.3. The molecule has 0 atom stereocenters. The van der Waals surface area contributed by atoms with Crippen molar-refractivity contribution in [1.82, 2.24) is 24.7 Å². The fourth-order valence-electron chi connectivity index (χ4n) is 10.5. The molecule has 0 bridgehead atoms. The molecule has 133 heavy (non-hydrogen) atoms. The van der Waals surface area contributed by atoms with Gasteiger partial charge in [0.25, 0.3) is 0 Å². The molecule has 20 nitrogen and oxygen atoms in total. The molecule has 1 aliphatic carbocycles. The molecule has 20 heteroatoms. The number of ketones is 8. The van der Waals surface area contributed by atoms with Crippen molar-refractivity contribution in [1.29, 1.82) is 0 Å². The van der Waals surface area contributed by atoms with Gasteiger partial charge in [0.2, 0.25) is 0 Å². The van der Waals surface area contributed by atoms with Gasteiger partial charge in [-0.1, -0.05) is 275 Å². The number of pyridine rings is 1. The zero-order valence-corrected chi connectivity index (χ0v) is 89.4. The van der Waals surface area contributed by atoms with Crippen molar-refractivity contribution in [2.75, 3.05) is 72.6 Å². The zero-order chi connectivity index (χ0) is 103. The summed E-state index contributed by atoms with van der Waals surface area (Å²) >= 11 is 0. The second kappa shape index (κ2) is 61.1. The lowest BCUT2D eigenvalue weighted by Crippen LogP contribution is -2.45. The Kier molecular flexibility index (Phi) is 57.9. The van der Waals surface area contributed by atoms with Crippen LogP contribution in [-0.4, -0.2) is 167 Å². The SMILES string of the molecule is CC(C)(C)C(=O)CC1CC1.CC(C)(C)C(=O)Cc1ccccc1.CC(C)(C)C(=O)Cc1cccnc1.CC(C)(C)C(=O)OCc1ccccc1.CC(C)(C)C(=O)Oc1ccccc1.CC(C)(C)C(=O)c1cc[nH]c1.CC(C)(C)C(=O)c1ccccc1.CC(C)(C)OC(=O)C(C)(C)C.CC(C)C(=O)CCN1CCN(C)CC1.CC(C)C(=O)CCN1CCOCC1.CCCC(=O)C(C)(C)C. The van der Waals surface area contributed by atoms with Crippen LogP contribution in [-0.2, 0) is 76.8 Å². The Hall–Kier alpha value is -9.08. The number of aromatic amines is 1. The summed E-state index contributed by atoms with van der Waals surface area (Å²) in [6.07, 6.45) is 14.5. The Balaban J connectivity index is 0. The van der Waals surface area contributed by atoms with E-state index in [2.05, 4.69) is 31.7 Å². The fraction of sp³-hybridized carbons (Fsp3) is 0.611. The molecule has 6 aromatic rings. The van der Waals surface area contributed by atoms with Crippen molar-refractivity contribution in [2.24, 2.45) is 66.5 Å². The maximum Gasteiger partial charge on any atom is 0.316 e. The maximum atomic E-state index is 11.7. The Labute approximate surface area is 805 Å². The third-order valence-corrected chi connectivity index (χ3v) is 20.3. The van der Waals surface area contributed by atoms with Crippen molar-refractivity contribution < 1.29 is 71.7 Å². The summed E-state index contributed by atoms with van der Waals surface area (Å²) in [5, 5.41) is 0. The molecule has 2 aromatic heterocycles. The van der Waals surface area contributed by atoms with Crippen molar-refractivity contribution in [2.45, 2.75) is 312 Å². The number of nitrogens with one attached hydrogen (secondary N) is 1. The van der Waals surface area contributed by atoms with E-state index in [0.29, 0.717) is 60.5 Å². The highest BCUT2D eigenvalue weighted by molar-refractivity contribution is 6.00. The maximum absolute atomic E-state index is 11.7. The van der Waals surface area contributed by atoms with Gasteiger partial charge in [0, 0.05) is 171 Å². The smallest absolute Gasteiger partial charge is 0.316 e. The lowest BCUT2D eigenvalue weighted by atomic mass is 9.87. The second-order valence-corrected chi connectivity index (χ2v) is 45.3. The molecule has 2 aliphatic heterocycles. The van der Waals surface area contributed by atoms with E-state index in [0.717, 1.165) is 125 Å². The van der Waals surface area contributed by atoms with Gasteiger partial charge in [-0.25, -0.2) is 0 Å². The largest absolute Gasteiger partial charge is 0.460 e. The summed E-state index contributed by atoms with van der Waals surface area (Å²) in [7, 11) is 2.15. The van der Waals surface area contributed by atoms with Crippen molar-refractivity contribution in [3.8, 4) is 5.75 Å². The van der Waals surface area contributed by atoms with E-state index in [1.807, 2.05) is 364 Å². The minimum Gasteiger partial charge on any atom is -0.460 e. The summed E-state index contributed by atoms with van der Waals surface area (Å²) in [5.74, 6) is 3.67. The number of nitrogens with zero attached hydrogens (tertiary/aromatic N) is 4. The molecule has 1 N–H and O–H groups in total. The number of carbonyl (C=O) groups excluding carboxylic acids is 11. The third kappa shape index (κ3) is 63.7. The van der Waals surface area contributed by atoms with Crippen LogP contribution in [0.4, 0.5) is 0 Å². The van der Waals surface area contributed by atoms with E-state index >= 15 is 0 Å². The topological polar surface area (TPSA) is 263 Å². The number of aromatic nitrogens is 2. The molecule has 9 rings (SSSR count). The minimum absolute atomic E-state index is 0.109. The quantitative estimate of drug-likeness (QED) is 0.0399. The van der Waals surface area contributed by atoms with Crippen LogP contribution >= 0.6 is 0 Å². The average molecular weight is 1850 g/mol. The van der Waals surface area contributed by atoms with Crippen LogP contribution in [0.25, 0.3) is 0 Å². The number of piperazine rings is 1. The van der Waals surface area contributed by atoms with Gasteiger partial charge in [0.15, 0.2) is 11.6 Å². The van der Waals surface area contributed by atoms with Gasteiger partial charge in [-0.15, -0.1) is 0 Å². The summed E-state index contributed by atoms with van der Waals surface area (Å²) in [4.78, 5) is 139. The fourth-order valence-corrected chi connectivity index (χ4v) is 10.5. The number of hydrogen-bond acceptors (Lipinski definition) is 19. The van der Waals surface area contributed by atoms with E-state index in [-0.39, 0.29) is 85.2 Å². The van der Waals surface area contributed by atoms with Crippen molar-refractivity contribution in [3.05, 3.63) is 192 Å². The number of carbonyl (C=O) groups is 11. The Morgan fingerprint density at radius 2 is 0.789 bits per heavy atom. The van der Waals surface area contributed by atoms with Gasteiger partial charge in [-0.2, -0.15) is 0 Å². The molecular formula is C113H179N5O15. The molecule has 4 heterocycles. The number of para-hydroxylation sites is 1. The molecule has 0 spiro atoms. The van der Waals surface area contributed by atoms with Crippen molar-refractivity contribution >= 4 is 64.2 Å². The number of esters is 3. The first-order valence-corrected chi connectivity index (χ1v) is 47.8. The van der Waals surface area contributed by atoms with Crippen LogP contribution in [0.2, 0.25) is 0 Å². The van der Waals surface area contributed by atoms with Crippen LogP contribution in [0.5, 0.6) is 5.75 Å². The average Bonchev–Trinajstić information content (AvgIpc) is 1.38. The molecule has 3 fully saturated rings. The van der Waals surface area contributed by atoms with Crippen LogP contribution in [0, 0.1) is 66.5 Å². The first-order valence-electron chi connectivity index (χ1n) is 47.8. The minimum atomic E-state index is -0.449. The molecule has 0 amide bonds. The standard InChI is InChI=1S/C12H16O2.C12H16O.C11H22N2O.C11H15NO.C11H14O2.C11H14O.C10H19NO2.C9H13NO.C9H18O2.C9H16O.C8H16O/c1-12(2,3)11(13)14-9-10-7-5-4-6-8-10;1-12(2,3)11(13)9-10-7-5-4-6-8-10;1-10(2)11(14)4-5-13-8-6-12(3)7-9-13;1-11(2,3)10(13)7-9-5-4-6-12-8-9;1-11(2,3)10(12)13-9-7-5-4-6-8-9;1-11(2,3)10(12)9-7-5-4-6-8-9;1-9(2)10(12)3-4-11-5-7-13-8-6-11;1-9(2,3)8(11)7-4-5-10-6-7;1-8(2,3)7(10)11-9(4,5)6;1-9(2,3)8(10)6-7-4-5-7;1-5-6-7(9)8(2,3)4/h4-8H,9H2,1-3H3;4-8H,9H2,1-3H3;10H,4-9H2,1-3H3;4-6,8H,7H2,1-3H3;4-8H,1-3H3;4-8H,1-3H3;9H,3-8H2,1-2H3;4-6,10H,1-3H3;1-6H3;7H,4-6H2,1-3H3;5-6H2,1-4H3. The second-order valence-electron chi connectivity index (χ2n) is 45.3. The van der Waals surface area contributed by atoms with E-state index in [9.17, 15) is 52.7 Å². The number of rotatable bonds is 21. The highest BCUT2D eigenvalue weighted by Gasteiger charge is 2.32. The number of hydrogen-bond donors (Lipinski definition) is 1. The summed E-state index contributed by atoms with van der Waals surface area (Å²) in [6.45, 7) is 77.5. The predicted octanol–water partition coefficient (Wildman–Crippen LogP) is 24.6. The first-order chi connectivity index (χ1) is 60.9. The van der Waals surface area contributed by atoms with Crippen molar-refractivity contribution in [3.63, 3.8) is 0 Å². The molecule has 2 saturated heterocycles. The molecule has 0 unspecified atom stereocenters. The molecule has 3 aliphatic rings. The van der Waals surface area contributed by atoms with Gasteiger partial charge < -0.3 is 33.7 Å². The summed E-state index contributed by atoms with van der Waals surface area (Å²) < 4.78 is 20.7. The molecule has 4 aromatic carbocycles. The van der Waals surface area contributed by atoms with Gasteiger partial charge in [0.1, 0.15) is 52.7 Å². The zero-order valence-electron chi connectivity index (χ0n) is 89.4. The molecule has 1 saturated carbocycles. The highest BCUT2D eigenvalue weighted by atomic mass is 16.6. The van der Waals surface area contributed by atoms with Crippen LogP contribution < -0.4 is 4.74 Å². The van der Waals surface area contributed by atoms with Gasteiger partial charge in [0.05, 0.1) is 29.5 Å². The highest BCUT2D eigenvalue weighted by Crippen LogP contribution is 2.35. The van der Waals surface area contributed by atoms with Gasteiger partial charge in [-0.3, -0.25) is 62.6 Å². The van der Waals surface area contributed by atoms with Crippen LogP contribution in [0.3, 0.4) is 0 Å². The number of likely N-dealkylation sites (N-methyl/N-ethyl adjacent to an activating group) is 1. The Morgan fingerprint density at radius 1 is 0.406 bits per heavy atom. The van der Waals surface area contributed by atoms with Gasteiger partial charge in [-0.05, 0) is 156 Å². The first kappa shape index (κ1) is 126. The summed E-state index contributed by atoms with van der Waals surface area (Å²) in [5.41, 5.74) is 1.76. The molecule has 0 radical (unpaired) electrons. The van der Waals surface area contributed by atoms with E-state index in [1.165, 1.54) is 12.8 Å². The number of H-pyrrole nitrogens is 1. The van der Waals surface area contributed by atoms with Crippen LogP contribution in [0.15, 0.2) is 164 Å². The number of morpholine rings is 1. The van der Waals surface area contributed by atoms with Gasteiger partial charge >= 0.3 is 17.9 Å². The monoisotopic (exact) mass is 1850 g/mol. The predicted molar refractivity (Wildman–Crippen MR) is 546 cm³/mol. The van der Waals surface area contributed by atoms with E-state index < -0.39 is 16.2 Å². The van der Waals surface area contributed by atoms with E-state index in [1.54, 1.807) is 43.0 Å². The molecular weight excluding hydrogens is 1670 g/mol. The normalized spacial score (nSPS) is 13.7. The summed E-state index contributed by atoms with van der Waals surface area (Å²) in [6, 6.07) is 43.6. The van der Waals surface area contributed by atoms with E-state index in [4.69, 9.17) is 18.9 Å².